The minimum absolute atomic E-state index is 0.0339. The van der Waals surface area contributed by atoms with E-state index in [1.165, 1.54) is 11.1 Å². The second kappa shape index (κ2) is 6.74. The lowest BCUT2D eigenvalue weighted by molar-refractivity contribution is 0.398. The van der Waals surface area contributed by atoms with E-state index >= 15 is 0 Å². The van der Waals surface area contributed by atoms with Crippen LogP contribution in [0.25, 0.3) is 0 Å². The van der Waals surface area contributed by atoms with Crippen molar-refractivity contribution < 1.29 is 9.47 Å². The zero-order valence-electron chi connectivity index (χ0n) is 17.0. The summed E-state index contributed by atoms with van der Waals surface area (Å²) in [6.45, 7) is 17.9. The van der Waals surface area contributed by atoms with Gasteiger partial charge in [0.1, 0.15) is 11.5 Å². The van der Waals surface area contributed by atoms with Gasteiger partial charge in [-0.25, -0.2) is 0 Å². The van der Waals surface area contributed by atoms with Gasteiger partial charge in [-0.1, -0.05) is 60.3 Å². The second-order valence-corrected chi connectivity index (χ2v) is 8.77. The van der Waals surface area contributed by atoms with Gasteiger partial charge in [-0.2, -0.15) is 0 Å². The predicted octanol–water partition coefficient (Wildman–Crippen LogP) is 6.30. The summed E-state index contributed by atoms with van der Waals surface area (Å²) >= 11 is 0. The Balaban J connectivity index is 2.68. The van der Waals surface area contributed by atoms with Crippen LogP contribution in [0.3, 0.4) is 0 Å². The molecule has 0 radical (unpaired) electrons. The lowest BCUT2D eigenvalue weighted by atomic mass is 9.68. The van der Waals surface area contributed by atoms with Crippen LogP contribution in [0, 0.1) is 10.8 Å². The van der Waals surface area contributed by atoms with Gasteiger partial charge in [0.2, 0.25) is 0 Å². The third kappa shape index (κ3) is 4.00. The maximum Gasteiger partial charge on any atom is 0.123 e. The molecule has 25 heavy (non-hydrogen) atoms. The van der Waals surface area contributed by atoms with Gasteiger partial charge in [0.25, 0.3) is 0 Å². The molecule has 136 valence electrons. The molecule has 1 aromatic carbocycles. The van der Waals surface area contributed by atoms with Crippen molar-refractivity contribution in [1.82, 2.24) is 0 Å². The third-order valence-electron chi connectivity index (χ3n) is 4.75. The first-order valence-electron chi connectivity index (χ1n) is 8.85. The average Bonchev–Trinajstić information content (AvgIpc) is 2.52. The Morgan fingerprint density at radius 1 is 0.840 bits per heavy atom. The number of hydrogen-bond donors (Lipinski definition) is 0. The number of allylic oxidation sites excluding steroid dienone is 5. The van der Waals surface area contributed by atoms with Gasteiger partial charge in [-0.3, -0.25) is 0 Å². The van der Waals surface area contributed by atoms with Gasteiger partial charge in [-0.15, -0.1) is 0 Å². The largest absolute Gasteiger partial charge is 0.497 e. The Labute approximate surface area is 153 Å². The van der Waals surface area contributed by atoms with Gasteiger partial charge < -0.3 is 9.47 Å². The Kier molecular flexibility index (Phi) is 5.22. The molecular formula is C23H32O2. The minimum atomic E-state index is 0.0339. The standard InChI is InChI=1S/C23H32O2/c1-15-19(22(2,3)4)12-16(13-20(15)23(5,6)7)18-14-17(24-8)10-11-21(18)25-9/h10-14,16H,1H2,2-9H3. The van der Waals surface area contributed by atoms with E-state index in [2.05, 4.69) is 66.3 Å². The van der Waals surface area contributed by atoms with Crippen LogP contribution < -0.4 is 9.47 Å². The topological polar surface area (TPSA) is 18.5 Å². The van der Waals surface area contributed by atoms with Crippen molar-refractivity contribution in [2.24, 2.45) is 10.8 Å². The summed E-state index contributed by atoms with van der Waals surface area (Å²) in [6, 6.07) is 5.99. The molecule has 1 aliphatic rings. The fraction of sp³-hybridized carbons (Fsp3) is 0.478. The quantitative estimate of drug-likeness (QED) is 0.642. The van der Waals surface area contributed by atoms with E-state index in [0.717, 1.165) is 22.6 Å². The molecule has 0 aliphatic heterocycles. The molecular weight excluding hydrogens is 308 g/mol. The zero-order valence-corrected chi connectivity index (χ0v) is 17.0. The lowest BCUT2D eigenvalue weighted by Gasteiger charge is -2.36. The van der Waals surface area contributed by atoms with E-state index < -0.39 is 0 Å². The fourth-order valence-electron chi connectivity index (χ4n) is 3.44. The summed E-state index contributed by atoms with van der Waals surface area (Å²) < 4.78 is 11.1. The predicted molar refractivity (Wildman–Crippen MR) is 107 cm³/mol. The summed E-state index contributed by atoms with van der Waals surface area (Å²) in [5.74, 6) is 1.86. The Hall–Kier alpha value is -1.96. The van der Waals surface area contributed by atoms with E-state index in [0.29, 0.717) is 0 Å². The lowest BCUT2D eigenvalue weighted by Crippen LogP contribution is -2.22. The van der Waals surface area contributed by atoms with E-state index in [9.17, 15) is 0 Å². The molecule has 0 N–H and O–H groups in total. The van der Waals surface area contributed by atoms with E-state index in [-0.39, 0.29) is 16.7 Å². The first kappa shape index (κ1) is 19.4. The molecule has 0 fully saturated rings. The summed E-state index contributed by atoms with van der Waals surface area (Å²) in [4.78, 5) is 0. The minimum Gasteiger partial charge on any atom is -0.497 e. The molecule has 2 heteroatoms. The summed E-state index contributed by atoms with van der Waals surface area (Å²) in [5.41, 5.74) is 4.94. The Morgan fingerprint density at radius 3 is 1.76 bits per heavy atom. The third-order valence-corrected chi connectivity index (χ3v) is 4.75. The van der Waals surface area contributed by atoms with Crippen LogP contribution in [0.1, 0.15) is 53.0 Å². The number of ether oxygens (including phenoxy) is 2. The molecule has 2 rings (SSSR count). The molecule has 0 bridgehead atoms. The number of rotatable bonds is 3. The second-order valence-electron chi connectivity index (χ2n) is 8.77. The van der Waals surface area contributed by atoms with E-state index in [1.54, 1.807) is 14.2 Å². The number of benzene rings is 1. The fourth-order valence-corrected chi connectivity index (χ4v) is 3.44. The molecule has 0 unspecified atom stereocenters. The van der Waals surface area contributed by atoms with Crippen molar-refractivity contribution in [2.75, 3.05) is 14.2 Å². The van der Waals surface area contributed by atoms with Crippen molar-refractivity contribution in [3.05, 3.63) is 59.2 Å². The first-order chi connectivity index (χ1) is 11.5. The van der Waals surface area contributed by atoms with Gasteiger partial charge in [0, 0.05) is 11.5 Å². The zero-order chi connectivity index (χ0) is 19.0. The molecule has 0 saturated heterocycles. The number of hydrogen-bond acceptors (Lipinski definition) is 2. The van der Waals surface area contributed by atoms with Crippen molar-refractivity contribution in [1.29, 1.82) is 0 Å². The van der Waals surface area contributed by atoms with E-state index in [1.807, 2.05) is 12.1 Å². The normalized spacial score (nSPS) is 16.4. The molecule has 0 atom stereocenters. The van der Waals surface area contributed by atoms with Crippen molar-refractivity contribution in [3.8, 4) is 11.5 Å². The van der Waals surface area contributed by atoms with Crippen LogP contribution in [-0.4, -0.2) is 14.2 Å². The van der Waals surface area contributed by atoms with Crippen molar-refractivity contribution in [2.45, 2.75) is 47.5 Å². The van der Waals surface area contributed by atoms with Crippen LogP contribution in [0.15, 0.2) is 53.6 Å². The van der Waals surface area contributed by atoms with Crippen LogP contribution in [0.2, 0.25) is 0 Å². The van der Waals surface area contributed by atoms with Gasteiger partial charge >= 0.3 is 0 Å². The molecule has 0 amide bonds. The highest BCUT2D eigenvalue weighted by Gasteiger charge is 2.32. The van der Waals surface area contributed by atoms with Crippen LogP contribution in [-0.2, 0) is 0 Å². The summed E-state index contributed by atoms with van der Waals surface area (Å²) in [5, 5.41) is 0. The highest BCUT2D eigenvalue weighted by Crippen LogP contribution is 2.47. The van der Waals surface area contributed by atoms with Crippen molar-refractivity contribution in [3.63, 3.8) is 0 Å². The molecule has 0 heterocycles. The first-order valence-corrected chi connectivity index (χ1v) is 8.85. The molecule has 0 aromatic heterocycles. The molecule has 2 nitrogen and oxygen atoms in total. The average molecular weight is 341 g/mol. The summed E-state index contributed by atoms with van der Waals surface area (Å²) in [6.07, 6.45) is 4.66. The Morgan fingerprint density at radius 2 is 1.36 bits per heavy atom. The van der Waals surface area contributed by atoms with Gasteiger partial charge in [0.05, 0.1) is 14.2 Å². The maximum absolute atomic E-state index is 5.63. The molecule has 0 saturated carbocycles. The maximum atomic E-state index is 5.63. The highest BCUT2D eigenvalue weighted by molar-refractivity contribution is 5.58. The molecule has 1 aliphatic carbocycles. The van der Waals surface area contributed by atoms with Gasteiger partial charge in [-0.05, 0) is 45.7 Å². The van der Waals surface area contributed by atoms with Crippen LogP contribution in [0.4, 0.5) is 0 Å². The summed E-state index contributed by atoms with van der Waals surface area (Å²) in [7, 11) is 3.41. The SMILES string of the molecule is C=C1C(C(C)(C)C)=CC(c2cc(OC)ccc2OC)C=C1C(C)(C)C. The van der Waals surface area contributed by atoms with Crippen LogP contribution >= 0.6 is 0 Å². The highest BCUT2D eigenvalue weighted by atomic mass is 16.5. The van der Waals surface area contributed by atoms with Crippen molar-refractivity contribution >= 4 is 0 Å². The van der Waals surface area contributed by atoms with Gasteiger partial charge in [0.15, 0.2) is 0 Å². The van der Waals surface area contributed by atoms with Crippen LogP contribution in [0.5, 0.6) is 11.5 Å². The monoisotopic (exact) mass is 340 g/mol. The molecule has 0 spiro atoms. The molecule has 1 aromatic rings. The Bertz CT molecular complexity index is 687. The van der Waals surface area contributed by atoms with E-state index in [4.69, 9.17) is 9.47 Å². The number of methoxy groups -OCH3 is 2. The smallest absolute Gasteiger partial charge is 0.123 e.